The van der Waals surface area contributed by atoms with Crippen molar-refractivity contribution in [3.63, 3.8) is 0 Å². The van der Waals surface area contributed by atoms with Crippen molar-refractivity contribution >= 4 is 5.91 Å². The second-order valence-corrected chi connectivity index (χ2v) is 3.98. The Kier molecular flexibility index (Phi) is 4.49. The number of nitrogens with zero attached hydrogens (tertiary/aromatic N) is 3. The molecule has 90 valence electrons. The number of amides is 1. The Morgan fingerprint density at radius 1 is 1.62 bits per heavy atom. The van der Waals surface area contributed by atoms with Crippen molar-refractivity contribution in [3.8, 4) is 0 Å². The lowest BCUT2D eigenvalue weighted by Crippen LogP contribution is -2.31. The topological polar surface area (TPSA) is 50.2 Å². The first-order valence-electron chi connectivity index (χ1n) is 5.50. The Labute approximate surface area is 96.5 Å². The van der Waals surface area contributed by atoms with Crippen LogP contribution in [-0.2, 0) is 11.3 Å². The largest absolute Gasteiger partial charge is 0.347 e. The van der Waals surface area contributed by atoms with Gasteiger partial charge in [-0.2, -0.15) is 0 Å². The molecule has 0 radical (unpaired) electrons. The summed E-state index contributed by atoms with van der Waals surface area (Å²) in [6, 6.07) is -0.203. The highest BCUT2D eigenvalue weighted by atomic mass is 16.2. The molecule has 5 nitrogen and oxygen atoms in total. The van der Waals surface area contributed by atoms with Gasteiger partial charge in [0.25, 0.3) is 0 Å². The molecule has 0 saturated heterocycles. The standard InChI is InChI=1S/C11H20N4O/c1-5-12-6-10-7-13-8-15(10)9(2)11(16)14(3)4/h7-9,12H,5-6H2,1-4H3. The highest BCUT2D eigenvalue weighted by Crippen LogP contribution is 2.11. The molecule has 0 fully saturated rings. The van der Waals surface area contributed by atoms with Crippen LogP contribution in [0.4, 0.5) is 0 Å². The van der Waals surface area contributed by atoms with E-state index >= 15 is 0 Å². The smallest absolute Gasteiger partial charge is 0.244 e. The summed E-state index contributed by atoms with van der Waals surface area (Å²) in [5.41, 5.74) is 1.03. The van der Waals surface area contributed by atoms with Crippen LogP contribution < -0.4 is 5.32 Å². The average molecular weight is 224 g/mol. The molecule has 0 saturated carbocycles. The molecule has 0 aliphatic rings. The molecule has 5 heteroatoms. The van der Waals surface area contributed by atoms with Gasteiger partial charge in [-0.05, 0) is 13.5 Å². The third-order valence-electron chi connectivity index (χ3n) is 2.52. The molecule has 0 aliphatic carbocycles. The summed E-state index contributed by atoms with van der Waals surface area (Å²) in [5, 5.41) is 3.23. The van der Waals surface area contributed by atoms with E-state index in [1.807, 2.05) is 11.5 Å². The Morgan fingerprint density at radius 3 is 2.88 bits per heavy atom. The van der Waals surface area contributed by atoms with Crippen molar-refractivity contribution in [2.45, 2.75) is 26.4 Å². The molecular formula is C11H20N4O. The third kappa shape index (κ3) is 2.82. The lowest BCUT2D eigenvalue weighted by atomic mass is 10.3. The summed E-state index contributed by atoms with van der Waals surface area (Å²) in [4.78, 5) is 17.5. The predicted octanol–water partition coefficient (Wildman–Crippen LogP) is 0.642. The summed E-state index contributed by atoms with van der Waals surface area (Å²) >= 11 is 0. The minimum atomic E-state index is -0.203. The number of carbonyl (C=O) groups is 1. The van der Waals surface area contributed by atoms with Crippen LogP contribution in [0.2, 0.25) is 0 Å². The SMILES string of the molecule is CCNCc1cncn1C(C)C(=O)N(C)C. The highest BCUT2D eigenvalue weighted by molar-refractivity contribution is 5.79. The second kappa shape index (κ2) is 5.65. The first-order chi connectivity index (χ1) is 7.57. The van der Waals surface area contributed by atoms with Crippen LogP contribution in [-0.4, -0.2) is 41.0 Å². The van der Waals surface area contributed by atoms with E-state index in [1.54, 1.807) is 31.5 Å². The van der Waals surface area contributed by atoms with Gasteiger partial charge >= 0.3 is 0 Å². The zero-order valence-corrected chi connectivity index (χ0v) is 10.4. The summed E-state index contributed by atoms with van der Waals surface area (Å²) in [5.74, 6) is 0.0794. The third-order valence-corrected chi connectivity index (χ3v) is 2.52. The molecule has 1 atom stereocenters. The van der Waals surface area contributed by atoms with Crippen LogP contribution in [0.15, 0.2) is 12.5 Å². The van der Waals surface area contributed by atoms with E-state index in [4.69, 9.17) is 0 Å². The maximum atomic E-state index is 11.8. The molecule has 16 heavy (non-hydrogen) atoms. The molecule has 1 N–H and O–H groups in total. The molecule has 1 rings (SSSR count). The van der Waals surface area contributed by atoms with Crippen LogP contribution in [0.5, 0.6) is 0 Å². The first-order valence-corrected chi connectivity index (χ1v) is 5.50. The molecule has 0 bridgehead atoms. The van der Waals surface area contributed by atoms with Crippen LogP contribution in [0.1, 0.15) is 25.6 Å². The normalized spacial score (nSPS) is 12.5. The number of rotatable bonds is 5. The summed E-state index contributed by atoms with van der Waals surface area (Å²) in [6.07, 6.45) is 3.50. The lowest BCUT2D eigenvalue weighted by Gasteiger charge is -2.19. The predicted molar refractivity (Wildman–Crippen MR) is 63.0 cm³/mol. The Bertz CT molecular complexity index is 346. The van der Waals surface area contributed by atoms with E-state index < -0.39 is 0 Å². The van der Waals surface area contributed by atoms with Crippen LogP contribution in [0.3, 0.4) is 0 Å². The maximum Gasteiger partial charge on any atom is 0.244 e. The van der Waals surface area contributed by atoms with E-state index in [0.717, 1.165) is 18.8 Å². The number of hydrogen-bond acceptors (Lipinski definition) is 3. The van der Waals surface area contributed by atoms with Crippen molar-refractivity contribution in [2.24, 2.45) is 0 Å². The maximum absolute atomic E-state index is 11.8. The average Bonchev–Trinajstić information content (AvgIpc) is 2.72. The van der Waals surface area contributed by atoms with Crippen molar-refractivity contribution in [3.05, 3.63) is 18.2 Å². The molecule has 1 aromatic rings. The highest BCUT2D eigenvalue weighted by Gasteiger charge is 2.18. The van der Waals surface area contributed by atoms with Crippen molar-refractivity contribution < 1.29 is 4.79 Å². The molecule has 1 heterocycles. The minimum absolute atomic E-state index is 0.0794. The van der Waals surface area contributed by atoms with Gasteiger partial charge in [-0.1, -0.05) is 6.92 Å². The van der Waals surface area contributed by atoms with Gasteiger partial charge in [0.2, 0.25) is 5.91 Å². The van der Waals surface area contributed by atoms with Gasteiger partial charge in [-0.3, -0.25) is 4.79 Å². The van der Waals surface area contributed by atoms with Gasteiger partial charge < -0.3 is 14.8 Å². The van der Waals surface area contributed by atoms with Gasteiger partial charge in [0, 0.05) is 26.8 Å². The van der Waals surface area contributed by atoms with Gasteiger partial charge in [0.1, 0.15) is 6.04 Å². The van der Waals surface area contributed by atoms with Gasteiger partial charge in [-0.15, -0.1) is 0 Å². The molecule has 0 spiro atoms. The fourth-order valence-electron chi connectivity index (χ4n) is 1.56. The molecule has 1 aromatic heterocycles. The van der Waals surface area contributed by atoms with E-state index in [9.17, 15) is 4.79 Å². The van der Waals surface area contributed by atoms with Crippen LogP contribution in [0.25, 0.3) is 0 Å². The summed E-state index contributed by atoms with van der Waals surface area (Å²) < 4.78 is 1.91. The fraction of sp³-hybridized carbons (Fsp3) is 0.636. The van der Waals surface area contributed by atoms with Gasteiger partial charge in [-0.25, -0.2) is 4.98 Å². The monoisotopic (exact) mass is 224 g/mol. The molecule has 0 aromatic carbocycles. The lowest BCUT2D eigenvalue weighted by molar-refractivity contribution is -0.131. The van der Waals surface area contributed by atoms with Crippen molar-refractivity contribution in [1.29, 1.82) is 0 Å². The number of carbonyl (C=O) groups excluding carboxylic acids is 1. The van der Waals surface area contributed by atoms with Crippen LogP contribution >= 0.6 is 0 Å². The number of hydrogen-bond donors (Lipinski definition) is 1. The fourth-order valence-corrected chi connectivity index (χ4v) is 1.56. The second-order valence-electron chi connectivity index (χ2n) is 3.98. The van der Waals surface area contributed by atoms with Gasteiger partial charge in [0.05, 0.1) is 12.0 Å². The van der Waals surface area contributed by atoms with Gasteiger partial charge in [0.15, 0.2) is 0 Å². The molecular weight excluding hydrogens is 204 g/mol. The van der Waals surface area contributed by atoms with Crippen molar-refractivity contribution in [2.75, 3.05) is 20.6 Å². The Hall–Kier alpha value is -1.36. The summed E-state index contributed by atoms with van der Waals surface area (Å²) in [6.45, 7) is 5.58. The van der Waals surface area contributed by atoms with E-state index in [0.29, 0.717) is 0 Å². The zero-order chi connectivity index (χ0) is 12.1. The zero-order valence-electron chi connectivity index (χ0n) is 10.4. The number of aromatic nitrogens is 2. The number of likely N-dealkylation sites (N-methyl/N-ethyl adjacent to an activating group) is 1. The molecule has 1 amide bonds. The number of imidazole rings is 1. The quantitative estimate of drug-likeness (QED) is 0.798. The number of nitrogens with one attached hydrogen (secondary N) is 1. The summed E-state index contributed by atoms with van der Waals surface area (Å²) in [7, 11) is 3.53. The van der Waals surface area contributed by atoms with E-state index in [-0.39, 0.29) is 11.9 Å². The van der Waals surface area contributed by atoms with E-state index in [2.05, 4.69) is 17.2 Å². The first kappa shape index (κ1) is 12.7. The van der Waals surface area contributed by atoms with Crippen LogP contribution in [0, 0.1) is 0 Å². The minimum Gasteiger partial charge on any atom is -0.347 e. The Balaban J connectivity index is 2.78. The molecule has 1 unspecified atom stereocenters. The Morgan fingerprint density at radius 2 is 2.31 bits per heavy atom. The molecule has 0 aliphatic heterocycles. The van der Waals surface area contributed by atoms with E-state index in [1.165, 1.54) is 0 Å². The van der Waals surface area contributed by atoms with Crippen molar-refractivity contribution in [1.82, 2.24) is 19.8 Å².